The maximum absolute atomic E-state index is 12.1. The molecule has 0 bridgehead atoms. The molecule has 0 aliphatic rings. The molecule has 0 saturated carbocycles. The maximum Gasteiger partial charge on any atom is 0.257 e. The molecule has 2 rings (SSSR count). The lowest BCUT2D eigenvalue weighted by atomic mass is 10.1. The van der Waals surface area contributed by atoms with Gasteiger partial charge in [0.2, 0.25) is 0 Å². The van der Waals surface area contributed by atoms with Crippen LogP contribution in [-0.2, 0) is 7.05 Å². The number of nitrogen functional groups attached to an aromatic ring is 1. The van der Waals surface area contributed by atoms with Gasteiger partial charge < -0.3 is 15.4 Å². The van der Waals surface area contributed by atoms with Crippen molar-refractivity contribution >= 4 is 11.6 Å². The Hall–Kier alpha value is -2.50. The molecule has 1 amide bonds. The Kier molecular flexibility index (Phi) is 3.41. The van der Waals surface area contributed by atoms with Crippen LogP contribution in [0, 0.1) is 0 Å². The summed E-state index contributed by atoms with van der Waals surface area (Å²) in [6.07, 6.45) is 3.29. The molecule has 0 radical (unpaired) electrons. The summed E-state index contributed by atoms with van der Waals surface area (Å²) >= 11 is 0. The van der Waals surface area contributed by atoms with Gasteiger partial charge in [0.05, 0.1) is 18.0 Å². The molecule has 2 aromatic rings. The summed E-state index contributed by atoms with van der Waals surface area (Å²) in [6, 6.07) is 4.96. The minimum Gasteiger partial charge on any atom is -0.453 e. The van der Waals surface area contributed by atoms with Crippen molar-refractivity contribution in [3.63, 3.8) is 0 Å². The number of aromatic nitrogens is 2. The number of nitrogens with zero attached hydrogens (tertiary/aromatic N) is 3. The Bertz CT molecular complexity index is 604. The minimum absolute atomic E-state index is 0.140. The van der Waals surface area contributed by atoms with Crippen molar-refractivity contribution in [1.29, 1.82) is 0 Å². The minimum atomic E-state index is -0.140. The van der Waals surface area contributed by atoms with Gasteiger partial charge in [-0.2, -0.15) is 5.10 Å². The quantitative estimate of drug-likeness (QED) is 0.849. The highest BCUT2D eigenvalue weighted by atomic mass is 16.5. The highest BCUT2D eigenvalue weighted by molar-refractivity contribution is 5.97. The summed E-state index contributed by atoms with van der Waals surface area (Å²) in [5, 5.41) is 4.01. The average Bonchev–Trinajstić information content (AvgIpc) is 2.74. The number of amides is 1. The van der Waals surface area contributed by atoms with Crippen molar-refractivity contribution < 1.29 is 9.53 Å². The molecule has 6 nitrogen and oxygen atoms in total. The standard InChI is InChI=1S/C13H16N4O2/c1-16(2)13(18)11-5-4-9(14)6-12(11)19-10-7-15-17(3)8-10/h4-8H,14H2,1-3H3. The van der Waals surface area contributed by atoms with Gasteiger partial charge in [-0.25, -0.2) is 0 Å². The molecule has 100 valence electrons. The van der Waals surface area contributed by atoms with Crippen molar-refractivity contribution in [1.82, 2.24) is 14.7 Å². The molecule has 0 aliphatic heterocycles. The van der Waals surface area contributed by atoms with Crippen LogP contribution >= 0.6 is 0 Å². The van der Waals surface area contributed by atoms with E-state index in [1.54, 1.807) is 56.4 Å². The Morgan fingerprint density at radius 2 is 2.16 bits per heavy atom. The van der Waals surface area contributed by atoms with Crippen LogP contribution in [0.25, 0.3) is 0 Å². The van der Waals surface area contributed by atoms with E-state index in [1.165, 1.54) is 4.90 Å². The normalized spacial score (nSPS) is 10.3. The molecule has 0 spiro atoms. The van der Waals surface area contributed by atoms with Crippen LogP contribution in [0.3, 0.4) is 0 Å². The van der Waals surface area contributed by atoms with Gasteiger partial charge >= 0.3 is 0 Å². The van der Waals surface area contributed by atoms with Crippen LogP contribution in [0.2, 0.25) is 0 Å². The third kappa shape index (κ3) is 2.85. The number of benzene rings is 1. The molecule has 1 heterocycles. The summed E-state index contributed by atoms with van der Waals surface area (Å²) in [7, 11) is 5.16. The SMILES string of the molecule is CN(C)C(=O)c1ccc(N)cc1Oc1cnn(C)c1. The summed E-state index contributed by atoms with van der Waals surface area (Å²) < 4.78 is 7.29. The van der Waals surface area contributed by atoms with Crippen LogP contribution < -0.4 is 10.5 Å². The van der Waals surface area contributed by atoms with E-state index in [0.717, 1.165) is 0 Å². The van der Waals surface area contributed by atoms with E-state index < -0.39 is 0 Å². The Balaban J connectivity index is 2.37. The van der Waals surface area contributed by atoms with Gasteiger partial charge in [0.25, 0.3) is 5.91 Å². The van der Waals surface area contributed by atoms with Crippen molar-refractivity contribution in [2.45, 2.75) is 0 Å². The summed E-state index contributed by atoms with van der Waals surface area (Å²) in [5.74, 6) is 0.839. The molecule has 0 aliphatic carbocycles. The number of rotatable bonds is 3. The lowest BCUT2D eigenvalue weighted by Crippen LogP contribution is -2.22. The Morgan fingerprint density at radius 3 is 2.74 bits per heavy atom. The predicted molar refractivity (Wildman–Crippen MR) is 72.2 cm³/mol. The highest BCUT2D eigenvalue weighted by Crippen LogP contribution is 2.27. The lowest BCUT2D eigenvalue weighted by molar-refractivity contribution is 0.0825. The van der Waals surface area contributed by atoms with E-state index in [0.29, 0.717) is 22.7 Å². The number of anilines is 1. The fourth-order valence-electron chi connectivity index (χ4n) is 1.62. The Morgan fingerprint density at radius 1 is 1.42 bits per heavy atom. The highest BCUT2D eigenvalue weighted by Gasteiger charge is 2.15. The fraction of sp³-hybridized carbons (Fsp3) is 0.231. The van der Waals surface area contributed by atoms with Crippen LogP contribution in [0.5, 0.6) is 11.5 Å². The van der Waals surface area contributed by atoms with E-state index in [1.807, 2.05) is 0 Å². The molecular weight excluding hydrogens is 244 g/mol. The van der Waals surface area contributed by atoms with E-state index in [-0.39, 0.29) is 5.91 Å². The van der Waals surface area contributed by atoms with Gasteiger partial charge in [-0.15, -0.1) is 0 Å². The number of ether oxygens (including phenoxy) is 1. The van der Waals surface area contributed by atoms with Gasteiger partial charge in [-0.05, 0) is 12.1 Å². The molecule has 0 fully saturated rings. The maximum atomic E-state index is 12.1. The van der Waals surface area contributed by atoms with Gasteiger partial charge in [0.1, 0.15) is 5.75 Å². The summed E-state index contributed by atoms with van der Waals surface area (Å²) in [5.41, 5.74) is 6.73. The topological polar surface area (TPSA) is 73.4 Å². The molecule has 0 saturated heterocycles. The third-order valence-corrected chi connectivity index (χ3v) is 2.55. The molecule has 1 aromatic heterocycles. The number of carbonyl (C=O) groups is 1. The molecular formula is C13H16N4O2. The zero-order valence-corrected chi connectivity index (χ0v) is 11.1. The van der Waals surface area contributed by atoms with Gasteiger partial charge in [0, 0.05) is 32.9 Å². The van der Waals surface area contributed by atoms with Crippen LogP contribution in [0.1, 0.15) is 10.4 Å². The first-order valence-corrected chi connectivity index (χ1v) is 5.75. The van der Waals surface area contributed by atoms with Gasteiger partial charge in [-0.3, -0.25) is 9.48 Å². The smallest absolute Gasteiger partial charge is 0.257 e. The molecule has 6 heteroatoms. The zero-order valence-electron chi connectivity index (χ0n) is 11.1. The van der Waals surface area contributed by atoms with Crippen molar-refractivity contribution in [2.24, 2.45) is 7.05 Å². The van der Waals surface area contributed by atoms with Crippen molar-refractivity contribution in [3.05, 3.63) is 36.2 Å². The average molecular weight is 260 g/mol. The predicted octanol–water partition coefficient (Wildman–Crippen LogP) is 1.50. The van der Waals surface area contributed by atoms with Gasteiger partial charge in [0.15, 0.2) is 5.75 Å². The monoisotopic (exact) mass is 260 g/mol. The molecule has 0 unspecified atom stereocenters. The van der Waals surface area contributed by atoms with Crippen molar-refractivity contribution in [3.8, 4) is 11.5 Å². The van der Waals surface area contributed by atoms with E-state index >= 15 is 0 Å². The number of hydrogen-bond donors (Lipinski definition) is 1. The molecule has 2 N–H and O–H groups in total. The molecule has 0 atom stereocenters. The van der Waals surface area contributed by atoms with E-state index in [4.69, 9.17) is 10.5 Å². The zero-order chi connectivity index (χ0) is 14.0. The lowest BCUT2D eigenvalue weighted by Gasteiger charge is -2.14. The first kappa shape index (κ1) is 12.9. The molecule has 1 aromatic carbocycles. The first-order chi connectivity index (χ1) is 8.97. The van der Waals surface area contributed by atoms with Crippen LogP contribution in [0.15, 0.2) is 30.6 Å². The van der Waals surface area contributed by atoms with Crippen LogP contribution in [-0.4, -0.2) is 34.7 Å². The Labute approximate surface area is 111 Å². The van der Waals surface area contributed by atoms with E-state index in [9.17, 15) is 4.79 Å². The van der Waals surface area contributed by atoms with Gasteiger partial charge in [-0.1, -0.05) is 0 Å². The number of aryl methyl sites for hydroxylation is 1. The first-order valence-electron chi connectivity index (χ1n) is 5.75. The third-order valence-electron chi connectivity index (χ3n) is 2.55. The number of hydrogen-bond acceptors (Lipinski definition) is 4. The largest absolute Gasteiger partial charge is 0.453 e. The second-order valence-corrected chi connectivity index (χ2v) is 4.41. The van der Waals surface area contributed by atoms with E-state index in [2.05, 4.69) is 5.10 Å². The molecule has 19 heavy (non-hydrogen) atoms. The van der Waals surface area contributed by atoms with Crippen LogP contribution in [0.4, 0.5) is 5.69 Å². The second-order valence-electron chi connectivity index (χ2n) is 4.41. The van der Waals surface area contributed by atoms with Crippen molar-refractivity contribution in [2.75, 3.05) is 19.8 Å². The summed E-state index contributed by atoms with van der Waals surface area (Å²) in [6.45, 7) is 0. The number of carbonyl (C=O) groups excluding carboxylic acids is 1. The summed E-state index contributed by atoms with van der Waals surface area (Å²) in [4.78, 5) is 13.5. The second kappa shape index (κ2) is 5.01. The fourth-order valence-corrected chi connectivity index (χ4v) is 1.62. The number of nitrogens with two attached hydrogens (primary N) is 1.